The van der Waals surface area contributed by atoms with E-state index in [2.05, 4.69) is 16.4 Å². The van der Waals surface area contributed by atoms with Crippen LogP contribution in [0, 0.1) is 5.92 Å². The number of aromatic nitrogens is 1. The van der Waals surface area contributed by atoms with E-state index in [0.29, 0.717) is 44.2 Å². The summed E-state index contributed by atoms with van der Waals surface area (Å²) in [6.07, 6.45) is 4.51. The molecule has 3 aromatic rings. The van der Waals surface area contributed by atoms with Gasteiger partial charge >= 0.3 is 0 Å². The number of para-hydroxylation sites is 1. The number of nitrogens with zero attached hydrogens (tertiary/aromatic N) is 1. The first-order chi connectivity index (χ1) is 13.8. The van der Waals surface area contributed by atoms with Crippen LogP contribution in [-0.2, 0) is 17.6 Å². The number of fused-ring (bicyclic) bond motifs is 1. The van der Waals surface area contributed by atoms with Gasteiger partial charge in [-0.1, -0.05) is 48.5 Å². The molecule has 0 radical (unpaired) electrons. The van der Waals surface area contributed by atoms with Crippen molar-refractivity contribution in [2.75, 3.05) is 13.2 Å². The molecule has 1 aliphatic heterocycles. The predicted molar refractivity (Wildman–Crippen MR) is 107 cm³/mol. The lowest BCUT2D eigenvalue weighted by molar-refractivity contribution is -0.121. The van der Waals surface area contributed by atoms with Crippen LogP contribution in [0.5, 0.6) is 5.75 Å². The van der Waals surface area contributed by atoms with Gasteiger partial charge in [0, 0.05) is 30.9 Å². The molecule has 1 unspecified atom stereocenters. The van der Waals surface area contributed by atoms with Gasteiger partial charge in [-0.15, -0.1) is 0 Å². The van der Waals surface area contributed by atoms with Crippen LogP contribution >= 0.6 is 0 Å². The molecule has 0 spiro atoms. The third-order valence-corrected chi connectivity index (χ3v) is 4.95. The van der Waals surface area contributed by atoms with Crippen LogP contribution in [0.1, 0.15) is 24.3 Å². The summed E-state index contributed by atoms with van der Waals surface area (Å²) in [5, 5.41) is 3.03. The molecule has 1 aromatic heterocycles. The van der Waals surface area contributed by atoms with Crippen molar-refractivity contribution >= 4 is 5.91 Å². The van der Waals surface area contributed by atoms with Crippen LogP contribution in [0.3, 0.4) is 0 Å². The average molecular weight is 376 g/mol. The standard InChI is InChI=1S/C23H24N2O3/c26-22(24-14-17-13-19-9-4-5-10-20(19)27-16-17)11-6-12-23-25-15-21(28-23)18-7-2-1-3-8-18/h1-5,7-10,15,17H,6,11-14,16H2,(H,24,26). The first-order valence-electron chi connectivity index (χ1n) is 9.75. The first-order valence-corrected chi connectivity index (χ1v) is 9.75. The molecule has 2 aromatic carbocycles. The van der Waals surface area contributed by atoms with E-state index < -0.39 is 0 Å². The molecule has 5 nitrogen and oxygen atoms in total. The Kier molecular flexibility index (Phi) is 5.71. The Hall–Kier alpha value is -3.08. The molecule has 0 saturated heterocycles. The largest absolute Gasteiger partial charge is 0.493 e. The number of ether oxygens (including phenoxy) is 1. The smallest absolute Gasteiger partial charge is 0.220 e. The van der Waals surface area contributed by atoms with E-state index in [1.54, 1.807) is 6.20 Å². The molecule has 1 atom stereocenters. The van der Waals surface area contributed by atoms with Crippen molar-refractivity contribution in [2.24, 2.45) is 5.92 Å². The topological polar surface area (TPSA) is 64.4 Å². The van der Waals surface area contributed by atoms with Gasteiger partial charge in [0.25, 0.3) is 0 Å². The van der Waals surface area contributed by atoms with Crippen molar-refractivity contribution in [1.29, 1.82) is 0 Å². The highest BCUT2D eigenvalue weighted by atomic mass is 16.5. The number of hydrogen-bond acceptors (Lipinski definition) is 4. The van der Waals surface area contributed by atoms with Gasteiger partial charge in [0.1, 0.15) is 5.75 Å². The van der Waals surface area contributed by atoms with Gasteiger partial charge in [0.05, 0.1) is 12.8 Å². The zero-order chi connectivity index (χ0) is 19.2. The molecule has 2 heterocycles. The highest BCUT2D eigenvalue weighted by Crippen LogP contribution is 2.26. The molecular formula is C23H24N2O3. The van der Waals surface area contributed by atoms with Crippen molar-refractivity contribution in [3.63, 3.8) is 0 Å². The average Bonchev–Trinajstić information content (AvgIpc) is 3.22. The summed E-state index contributed by atoms with van der Waals surface area (Å²) in [5.41, 5.74) is 2.22. The summed E-state index contributed by atoms with van der Waals surface area (Å²) >= 11 is 0. The second kappa shape index (κ2) is 8.74. The van der Waals surface area contributed by atoms with Crippen LogP contribution in [-0.4, -0.2) is 24.0 Å². The van der Waals surface area contributed by atoms with Crippen molar-refractivity contribution in [3.05, 3.63) is 72.2 Å². The summed E-state index contributed by atoms with van der Waals surface area (Å²) < 4.78 is 11.6. The highest BCUT2D eigenvalue weighted by molar-refractivity contribution is 5.75. The number of hydrogen-bond donors (Lipinski definition) is 1. The Morgan fingerprint density at radius 2 is 1.93 bits per heavy atom. The zero-order valence-electron chi connectivity index (χ0n) is 15.8. The fourth-order valence-corrected chi connectivity index (χ4v) is 3.43. The third-order valence-electron chi connectivity index (χ3n) is 4.95. The molecular weight excluding hydrogens is 352 g/mol. The third kappa shape index (κ3) is 4.60. The minimum absolute atomic E-state index is 0.0636. The lowest BCUT2D eigenvalue weighted by atomic mass is 9.97. The number of carbonyl (C=O) groups is 1. The maximum Gasteiger partial charge on any atom is 0.220 e. The van der Waals surface area contributed by atoms with Crippen molar-refractivity contribution in [2.45, 2.75) is 25.7 Å². The maximum absolute atomic E-state index is 12.1. The van der Waals surface area contributed by atoms with Crippen LogP contribution in [0.15, 0.2) is 65.2 Å². The van der Waals surface area contributed by atoms with Gasteiger partial charge in [0.2, 0.25) is 5.91 Å². The van der Waals surface area contributed by atoms with Crippen molar-refractivity contribution in [1.82, 2.24) is 10.3 Å². The Morgan fingerprint density at radius 3 is 2.82 bits per heavy atom. The number of benzene rings is 2. The fraction of sp³-hybridized carbons (Fsp3) is 0.304. The second-order valence-electron chi connectivity index (χ2n) is 7.13. The number of carbonyl (C=O) groups excluding carboxylic acids is 1. The summed E-state index contributed by atoms with van der Waals surface area (Å²) in [6, 6.07) is 18.0. The van der Waals surface area contributed by atoms with Gasteiger partial charge in [-0.05, 0) is 24.5 Å². The summed E-state index contributed by atoms with van der Waals surface area (Å²) in [6.45, 7) is 1.29. The number of oxazole rings is 1. The van der Waals surface area contributed by atoms with E-state index in [-0.39, 0.29) is 5.91 Å². The molecule has 28 heavy (non-hydrogen) atoms. The van der Waals surface area contributed by atoms with Gasteiger partial charge < -0.3 is 14.5 Å². The summed E-state index contributed by atoms with van der Waals surface area (Å²) in [7, 11) is 0. The van der Waals surface area contributed by atoms with E-state index in [1.165, 1.54) is 5.56 Å². The van der Waals surface area contributed by atoms with Crippen LogP contribution < -0.4 is 10.1 Å². The van der Waals surface area contributed by atoms with Crippen LogP contribution in [0.25, 0.3) is 11.3 Å². The number of nitrogens with one attached hydrogen (secondary N) is 1. The maximum atomic E-state index is 12.1. The SMILES string of the molecule is O=C(CCCc1ncc(-c2ccccc2)o1)NCC1COc2ccccc2C1. The van der Waals surface area contributed by atoms with Gasteiger partial charge in [-0.2, -0.15) is 0 Å². The molecule has 1 N–H and O–H groups in total. The van der Waals surface area contributed by atoms with Gasteiger partial charge in [-0.3, -0.25) is 4.79 Å². The molecule has 0 saturated carbocycles. The number of amides is 1. The molecule has 0 fully saturated rings. The fourth-order valence-electron chi connectivity index (χ4n) is 3.43. The second-order valence-corrected chi connectivity index (χ2v) is 7.13. The van der Waals surface area contributed by atoms with E-state index in [1.807, 2.05) is 48.5 Å². The lowest BCUT2D eigenvalue weighted by Gasteiger charge is -2.25. The number of rotatable bonds is 7. The lowest BCUT2D eigenvalue weighted by Crippen LogP contribution is -2.34. The van der Waals surface area contributed by atoms with E-state index in [0.717, 1.165) is 23.5 Å². The first kappa shape index (κ1) is 18.3. The number of aryl methyl sites for hydroxylation is 1. The van der Waals surface area contributed by atoms with Crippen molar-refractivity contribution < 1.29 is 13.9 Å². The zero-order valence-corrected chi connectivity index (χ0v) is 15.8. The molecule has 1 aliphatic rings. The normalized spacial score (nSPS) is 15.5. The Labute approximate surface area is 164 Å². The molecule has 144 valence electrons. The molecule has 0 bridgehead atoms. The summed E-state index contributed by atoms with van der Waals surface area (Å²) in [5.74, 6) is 2.78. The van der Waals surface area contributed by atoms with E-state index in [9.17, 15) is 4.79 Å². The van der Waals surface area contributed by atoms with E-state index >= 15 is 0 Å². The Balaban J connectivity index is 1.18. The highest BCUT2D eigenvalue weighted by Gasteiger charge is 2.19. The summed E-state index contributed by atoms with van der Waals surface area (Å²) in [4.78, 5) is 16.5. The van der Waals surface area contributed by atoms with E-state index in [4.69, 9.17) is 9.15 Å². The molecule has 0 aliphatic carbocycles. The quantitative estimate of drug-likeness (QED) is 0.676. The van der Waals surface area contributed by atoms with Gasteiger partial charge in [0.15, 0.2) is 11.7 Å². The monoisotopic (exact) mass is 376 g/mol. The molecule has 4 rings (SSSR count). The minimum atomic E-state index is 0.0636. The van der Waals surface area contributed by atoms with Gasteiger partial charge in [-0.25, -0.2) is 4.98 Å². The van der Waals surface area contributed by atoms with Crippen LogP contribution in [0.4, 0.5) is 0 Å². The van der Waals surface area contributed by atoms with Crippen LogP contribution in [0.2, 0.25) is 0 Å². The Morgan fingerprint density at radius 1 is 1.11 bits per heavy atom. The molecule has 1 amide bonds. The molecule has 5 heteroatoms. The predicted octanol–water partition coefficient (Wildman–Crippen LogP) is 4.03. The minimum Gasteiger partial charge on any atom is -0.493 e. The van der Waals surface area contributed by atoms with Crippen molar-refractivity contribution in [3.8, 4) is 17.1 Å². The Bertz CT molecular complexity index is 920.